The van der Waals surface area contributed by atoms with Gasteiger partial charge in [-0.15, -0.1) is 10.2 Å². The number of fused-ring (bicyclic) bond motifs is 1. The topological polar surface area (TPSA) is 50.5 Å². The number of rotatable bonds is 3. The number of amides is 1. The summed E-state index contributed by atoms with van der Waals surface area (Å²) in [6.07, 6.45) is 0.132. The number of alkyl halides is 2. The normalized spacial score (nSPS) is 15.5. The Kier molecular flexibility index (Phi) is 4.78. The highest BCUT2D eigenvalue weighted by Crippen LogP contribution is 2.35. The molecule has 0 bridgehead atoms. The van der Waals surface area contributed by atoms with Gasteiger partial charge in [0, 0.05) is 24.8 Å². The summed E-state index contributed by atoms with van der Waals surface area (Å²) in [5, 5.41) is 8.03. The van der Waals surface area contributed by atoms with Gasteiger partial charge < -0.3 is 4.90 Å². The van der Waals surface area contributed by atoms with Gasteiger partial charge in [0.2, 0.25) is 5.82 Å². The molecule has 0 saturated carbocycles. The van der Waals surface area contributed by atoms with Gasteiger partial charge in [-0.1, -0.05) is 12.1 Å². The van der Waals surface area contributed by atoms with Crippen molar-refractivity contribution in [3.8, 4) is 0 Å². The van der Waals surface area contributed by atoms with E-state index in [1.54, 1.807) is 21.6 Å². The van der Waals surface area contributed by atoms with E-state index < -0.39 is 12.2 Å². The first-order chi connectivity index (χ1) is 13.4. The summed E-state index contributed by atoms with van der Waals surface area (Å²) in [6, 6.07) is 7.09. The first-order valence-corrected chi connectivity index (χ1v) is 9.12. The highest BCUT2D eigenvalue weighted by atomic mass is 19.3. The van der Waals surface area contributed by atoms with Crippen LogP contribution < -0.4 is 0 Å². The fraction of sp³-hybridized carbons (Fsp3) is 0.350. The first kappa shape index (κ1) is 18.5. The fourth-order valence-electron chi connectivity index (χ4n) is 3.78. The number of carbonyl (C=O) groups is 1. The molecule has 1 amide bonds. The summed E-state index contributed by atoms with van der Waals surface area (Å²) in [6.45, 7) is 2.70. The van der Waals surface area contributed by atoms with Gasteiger partial charge in [-0.2, -0.15) is 0 Å². The zero-order chi connectivity index (χ0) is 19.8. The molecule has 0 N–H and O–H groups in total. The van der Waals surface area contributed by atoms with Gasteiger partial charge >= 0.3 is 0 Å². The van der Waals surface area contributed by atoms with Crippen molar-refractivity contribution in [3.63, 3.8) is 0 Å². The van der Waals surface area contributed by atoms with Crippen molar-refractivity contribution >= 4 is 11.6 Å². The molecule has 8 heteroatoms. The maximum absolute atomic E-state index is 13.6. The molecule has 0 atom stereocenters. The van der Waals surface area contributed by atoms with Crippen LogP contribution in [0.5, 0.6) is 0 Å². The molecule has 0 unspecified atom stereocenters. The lowest BCUT2D eigenvalue weighted by atomic mass is 9.86. The van der Waals surface area contributed by atoms with Gasteiger partial charge in [-0.05, 0) is 55.0 Å². The number of carbonyl (C=O) groups excluding carboxylic acids is 1. The number of hydrogen-bond donors (Lipinski definition) is 0. The Labute approximate surface area is 159 Å². The summed E-state index contributed by atoms with van der Waals surface area (Å²) in [4.78, 5) is 14.5. The van der Waals surface area contributed by atoms with Gasteiger partial charge in [-0.25, -0.2) is 13.2 Å². The number of hydrogen-bond acceptors (Lipinski definition) is 3. The second-order valence-electron chi connectivity index (χ2n) is 7.10. The van der Waals surface area contributed by atoms with Gasteiger partial charge in [0.05, 0.1) is 0 Å². The largest absolute Gasteiger partial charge is 0.336 e. The van der Waals surface area contributed by atoms with E-state index in [1.807, 2.05) is 13.0 Å². The van der Waals surface area contributed by atoms with Crippen LogP contribution in [0.1, 0.15) is 52.5 Å². The van der Waals surface area contributed by atoms with E-state index in [9.17, 15) is 18.0 Å². The van der Waals surface area contributed by atoms with Gasteiger partial charge in [0.1, 0.15) is 5.82 Å². The SMILES string of the molecule is Cc1ccc2nnc(C(=O)N3CCC(c4cc(F)ccc4C(F)F)CC3)n2c1. The molecule has 1 fully saturated rings. The minimum atomic E-state index is -2.65. The van der Waals surface area contributed by atoms with Crippen LogP contribution in [0, 0.1) is 12.7 Å². The van der Waals surface area contributed by atoms with E-state index in [0.29, 0.717) is 37.1 Å². The molecule has 1 aromatic carbocycles. The average molecular weight is 388 g/mol. The van der Waals surface area contributed by atoms with E-state index in [1.165, 1.54) is 6.07 Å². The van der Waals surface area contributed by atoms with Crippen molar-refractivity contribution in [1.82, 2.24) is 19.5 Å². The molecule has 28 heavy (non-hydrogen) atoms. The summed E-state index contributed by atoms with van der Waals surface area (Å²) >= 11 is 0. The minimum Gasteiger partial charge on any atom is -0.336 e. The molecular weight excluding hydrogens is 369 g/mol. The lowest BCUT2D eigenvalue weighted by Crippen LogP contribution is -2.39. The molecule has 4 rings (SSSR count). The van der Waals surface area contributed by atoms with Crippen LogP contribution in [-0.2, 0) is 0 Å². The predicted molar refractivity (Wildman–Crippen MR) is 97.0 cm³/mol. The van der Waals surface area contributed by atoms with E-state index in [0.717, 1.165) is 17.7 Å². The molecular formula is C20H19F3N4O. The van der Waals surface area contributed by atoms with Crippen molar-refractivity contribution < 1.29 is 18.0 Å². The monoisotopic (exact) mass is 388 g/mol. The highest BCUT2D eigenvalue weighted by Gasteiger charge is 2.29. The summed E-state index contributed by atoms with van der Waals surface area (Å²) < 4.78 is 41.8. The number of benzene rings is 1. The zero-order valence-electron chi connectivity index (χ0n) is 15.3. The third kappa shape index (κ3) is 3.34. The minimum absolute atomic E-state index is 0.134. The molecule has 1 aliphatic heterocycles. The molecule has 2 aromatic heterocycles. The van der Waals surface area contributed by atoms with Crippen LogP contribution in [0.2, 0.25) is 0 Å². The highest BCUT2D eigenvalue weighted by molar-refractivity contribution is 5.91. The van der Waals surface area contributed by atoms with Crippen molar-refractivity contribution in [2.24, 2.45) is 0 Å². The summed E-state index contributed by atoms with van der Waals surface area (Å²) in [5.41, 5.74) is 1.77. The van der Waals surface area contributed by atoms with E-state index in [2.05, 4.69) is 10.2 Å². The number of likely N-dealkylation sites (tertiary alicyclic amines) is 1. The van der Waals surface area contributed by atoms with Crippen molar-refractivity contribution in [2.75, 3.05) is 13.1 Å². The Hall–Kier alpha value is -2.90. The smallest absolute Gasteiger partial charge is 0.292 e. The molecule has 3 aromatic rings. The molecule has 0 spiro atoms. The van der Waals surface area contributed by atoms with Gasteiger partial charge in [0.25, 0.3) is 12.3 Å². The fourth-order valence-corrected chi connectivity index (χ4v) is 3.78. The van der Waals surface area contributed by atoms with Gasteiger partial charge in [0.15, 0.2) is 5.65 Å². The quantitative estimate of drug-likeness (QED) is 0.678. The van der Waals surface area contributed by atoms with Crippen LogP contribution in [0.3, 0.4) is 0 Å². The number of pyridine rings is 1. The van der Waals surface area contributed by atoms with Gasteiger partial charge in [-0.3, -0.25) is 9.20 Å². The average Bonchev–Trinajstić information content (AvgIpc) is 3.10. The van der Waals surface area contributed by atoms with Crippen LogP contribution in [0.15, 0.2) is 36.5 Å². The Morgan fingerprint density at radius 1 is 1.14 bits per heavy atom. The number of halogens is 3. The van der Waals surface area contributed by atoms with Crippen LogP contribution in [-0.4, -0.2) is 38.5 Å². The molecule has 1 saturated heterocycles. The maximum atomic E-state index is 13.6. The predicted octanol–water partition coefficient (Wildman–Crippen LogP) is 4.13. The summed E-state index contributed by atoms with van der Waals surface area (Å²) in [5.74, 6) is -0.745. The van der Waals surface area contributed by atoms with Crippen LogP contribution >= 0.6 is 0 Å². The second kappa shape index (κ2) is 7.26. The Morgan fingerprint density at radius 2 is 1.89 bits per heavy atom. The number of nitrogens with zero attached hydrogens (tertiary/aromatic N) is 4. The molecule has 0 radical (unpaired) electrons. The third-order valence-electron chi connectivity index (χ3n) is 5.25. The Bertz CT molecular complexity index is 1030. The first-order valence-electron chi connectivity index (χ1n) is 9.12. The Morgan fingerprint density at radius 3 is 2.61 bits per heavy atom. The molecule has 1 aliphatic rings. The lowest BCUT2D eigenvalue weighted by Gasteiger charge is -2.32. The van der Waals surface area contributed by atoms with Crippen molar-refractivity contribution in [2.45, 2.75) is 32.1 Å². The van der Waals surface area contributed by atoms with E-state index in [-0.39, 0.29) is 23.2 Å². The number of aryl methyl sites for hydroxylation is 1. The zero-order valence-corrected chi connectivity index (χ0v) is 15.3. The lowest BCUT2D eigenvalue weighted by molar-refractivity contribution is 0.0697. The molecule has 3 heterocycles. The second-order valence-corrected chi connectivity index (χ2v) is 7.10. The van der Waals surface area contributed by atoms with Crippen LogP contribution in [0.4, 0.5) is 13.2 Å². The summed E-state index contributed by atoms with van der Waals surface area (Å²) in [7, 11) is 0. The van der Waals surface area contributed by atoms with Crippen LogP contribution in [0.25, 0.3) is 5.65 Å². The third-order valence-corrected chi connectivity index (χ3v) is 5.25. The number of aromatic nitrogens is 3. The maximum Gasteiger partial charge on any atom is 0.292 e. The molecule has 0 aliphatic carbocycles. The molecule has 146 valence electrons. The van der Waals surface area contributed by atoms with Crippen molar-refractivity contribution in [3.05, 3.63) is 64.9 Å². The van der Waals surface area contributed by atoms with Crippen molar-refractivity contribution in [1.29, 1.82) is 0 Å². The Balaban J connectivity index is 1.52. The number of piperidine rings is 1. The standard InChI is InChI=1S/C20H19F3N4O/c1-12-2-5-17-24-25-19(27(17)11-12)20(28)26-8-6-13(7-9-26)16-10-14(21)3-4-15(16)18(22)23/h2-5,10-11,13,18H,6-9H2,1H3. The molecule has 5 nitrogen and oxygen atoms in total. The van der Waals surface area contributed by atoms with E-state index >= 15 is 0 Å². The van der Waals surface area contributed by atoms with E-state index in [4.69, 9.17) is 0 Å².